The van der Waals surface area contributed by atoms with Crippen LogP contribution in [0.4, 0.5) is 0 Å². The number of hydrogen-bond donors (Lipinski definition) is 3. The van der Waals surface area contributed by atoms with Crippen molar-refractivity contribution in [1.29, 1.82) is 0 Å². The van der Waals surface area contributed by atoms with Gasteiger partial charge in [-0.25, -0.2) is 9.78 Å². The third-order valence-electron chi connectivity index (χ3n) is 3.45. The lowest BCUT2D eigenvalue weighted by atomic mass is 9.91. The van der Waals surface area contributed by atoms with E-state index in [1.807, 2.05) is 0 Å². The van der Waals surface area contributed by atoms with Crippen LogP contribution in [0.2, 0.25) is 0 Å². The van der Waals surface area contributed by atoms with Crippen molar-refractivity contribution in [2.75, 3.05) is 0 Å². The minimum atomic E-state index is -1.40. The molecule has 0 aliphatic carbocycles. The Hall–Kier alpha value is -3.22. The number of rotatable bonds is 5. The fourth-order valence-electron chi connectivity index (χ4n) is 2.00. The summed E-state index contributed by atoms with van der Waals surface area (Å²) in [6.45, 7) is 1.50. The molecule has 7 heteroatoms. The van der Waals surface area contributed by atoms with Crippen LogP contribution in [0.25, 0.3) is 0 Å². The van der Waals surface area contributed by atoms with Crippen molar-refractivity contribution in [1.82, 2.24) is 10.3 Å². The van der Waals surface area contributed by atoms with Crippen LogP contribution >= 0.6 is 0 Å². The number of nitrogens with one attached hydrogen (secondary N) is 1. The number of pyridine rings is 1. The molecule has 0 saturated heterocycles. The van der Waals surface area contributed by atoms with Gasteiger partial charge in [-0.05, 0) is 24.6 Å². The van der Waals surface area contributed by atoms with Crippen molar-refractivity contribution in [3.05, 3.63) is 65.5 Å². The molecule has 1 aromatic carbocycles. The molecular formula is C16H15N3O4. The van der Waals surface area contributed by atoms with E-state index in [0.717, 1.165) is 6.20 Å². The highest BCUT2D eigenvalue weighted by Crippen LogP contribution is 2.20. The number of hydrogen-bond acceptors (Lipinski definition) is 4. The van der Waals surface area contributed by atoms with E-state index in [4.69, 9.17) is 10.8 Å². The largest absolute Gasteiger partial charge is 0.477 e. The first-order valence-corrected chi connectivity index (χ1v) is 6.72. The third kappa shape index (κ3) is 3.34. The summed E-state index contributed by atoms with van der Waals surface area (Å²) in [6, 6.07) is 11.1. The van der Waals surface area contributed by atoms with Gasteiger partial charge in [-0.1, -0.05) is 30.3 Å². The van der Waals surface area contributed by atoms with E-state index in [0.29, 0.717) is 5.56 Å². The van der Waals surface area contributed by atoms with Gasteiger partial charge in [0.15, 0.2) is 0 Å². The van der Waals surface area contributed by atoms with Crippen molar-refractivity contribution in [2.24, 2.45) is 5.73 Å². The highest BCUT2D eigenvalue weighted by molar-refractivity contribution is 5.99. The van der Waals surface area contributed by atoms with E-state index in [2.05, 4.69) is 10.3 Å². The minimum Gasteiger partial charge on any atom is -0.477 e. The first kappa shape index (κ1) is 16.2. The fourth-order valence-corrected chi connectivity index (χ4v) is 2.00. The average Bonchev–Trinajstić information content (AvgIpc) is 2.55. The molecule has 2 amide bonds. The Kier molecular flexibility index (Phi) is 4.40. The Balaban J connectivity index is 2.28. The van der Waals surface area contributed by atoms with Gasteiger partial charge in [0.1, 0.15) is 11.2 Å². The summed E-state index contributed by atoms with van der Waals surface area (Å²) in [6.07, 6.45) is 1.13. The smallest absolute Gasteiger partial charge is 0.354 e. The number of carboxylic acid groups (broad SMARTS) is 1. The van der Waals surface area contributed by atoms with Crippen molar-refractivity contribution in [3.8, 4) is 0 Å². The summed E-state index contributed by atoms with van der Waals surface area (Å²) in [7, 11) is 0. The lowest BCUT2D eigenvalue weighted by Gasteiger charge is -2.28. The molecule has 1 atom stereocenters. The Morgan fingerprint density at radius 2 is 1.78 bits per heavy atom. The number of amides is 2. The lowest BCUT2D eigenvalue weighted by molar-refractivity contribution is -0.123. The molecular weight excluding hydrogens is 298 g/mol. The van der Waals surface area contributed by atoms with Gasteiger partial charge < -0.3 is 16.2 Å². The number of nitrogens with zero attached hydrogens (tertiary/aromatic N) is 1. The molecule has 0 fully saturated rings. The van der Waals surface area contributed by atoms with Crippen LogP contribution in [0, 0.1) is 0 Å². The Labute approximate surface area is 132 Å². The summed E-state index contributed by atoms with van der Waals surface area (Å²) in [5, 5.41) is 11.4. The molecule has 4 N–H and O–H groups in total. The van der Waals surface area contributed by atoms with Crippen LogP contribution < -0.4 is 11.1 Å². The maximum absolute atomic E-state index is 12.3. The first-order valence-electron chi connectivity index (χ1n) is 6.72. The van der Waals surface area contributed by atoms with E-state index in [1.165, 1.54) is 19.1 Å². The van der Waals surface area contributed by atoms with Gasteiger partial charge in [-0.15, -0.1) is 0 Å². The predicted molar refractivity (Wildman–Crippen MR) is 81.7 cm³/mol. The maximum Gasteiger partial charge on any atom is 0.354 e. The summed E-state index contributed by atoms with van der Waals surface area (Å²) >= 11 is 0. The first-order chi connectivity index (χ1) is 10.8. The Bertz CT molecular complexity index is 744. The number of benzene rings is 1. The number of carboxylic acids is 1. The zero-order chi connectivity index (χ0) is 17.0. The van der Waals surface area contributed by atoms with Crippen LogP contribution in [0.5, 0.6) is 0 Å². The second kappa shape index (κ2) is 6.27. The van der Waals surface area contributed by atoms with E-state index >= 15 is 0 Å². The number of carbonyl (C=O) groups excluding carboxylic acids is 2. The quantitative estimate of drug-likeness (QED) is 0.757. The van der Waals surface area contributed by atoms with Crippen molar-refractivity contribution in [2.45, 2.75) is 12.5 Å². The van der Waals surface area contributed by atoms with Gasteiger partial charge in [0.05, 0.1) is 5.56 Å². The summed E-state index contributed by atoms with van der Waals surface area (Å²) < 4.78 is 0. The van der Waals surface area contributed by atoms with E-state index in [-0.39, 0.29) is 11.3 Å². The van der Waals surface area contributed by atoms with Gasteiger partial charge in [0.2, 0.25) is 5.91 Å². The van der Waals surface area contributed by atoms with Crippen LogP contribution in [0.1, 0.15) is 33.3 Å². The molecule has 23 heavy (non-hydrogen) atoms. The fraction of sp³-hybridized carbons (Fsp3) is 0.125. The lowest BCUT2D eigenvalue weighted by Crippen LogP contribution is -2.52. The Morgan fingerprint density at radius 3 is 2.26 bits per heavy atom. The zero-order valence-electron chi connectivity index (χ0n) is 12.3. The molecule has 1 unspecified atom stereocenters. The van der Waals surface area contributed by atoms with Crippen LogP contribution in [-0.2, 0) is 10.3 Å². The van der Waals surface area contributed by atoms with Gasteiger partial charge in [0, 0.05) is 6.20 Å². The molecule has 7 nitrogen and oxygen atoms in total. The topological polar surface area (TPSA) is 122 Å². The monoisotopic (exact) mass is 313 g/mol. The predicted octanol–water partition coefficient (Wildman–Crippen LogP) is 0.910. The minimum absolute atomic E-state index is 0.124. The summed E-state index contributed by atoms with van der Waals surface area (Å²) in [5.74, 6) is -2.49. The van der Waals surface area contributed by atoms with Crippen LogP contribution in [-0.4, -0.2) is 27.9 Å². The molecule has 0 bridgehead atoms. The third-order valence-corrected chi connectivity index (χ3v) is 3.45. The molecule has 2 rings (SSSR count). The molecule has 0 aliphatic heterocycles. The number of aromatic nitrogens is 1. The molecule has 118 valence electrons. The molecule has 0 saturated carbocycles. The van der Waals surface area contributed by atoms with Crippen molar-refractivity contribution < 1.29 is 19.5 Å². The highest BCUT2D eigenvalue weighted by Gasteiger charge is 2.35. The maximum atomic E-state index is 12.3. The van der Waals surface area contributed by atoms with Crippen LogP contribution in [0.15, 0.2) is 48.7 Å². The molecule has 0 aliphatic rings. The molecule has 1 heterocycles. The van der Waals surface area contributed by atoms with Gasteiger partial charge in [0.25, 0.3) is 5.91 Å². The second-order valence-electron chi connectivity index (χ2n) is 5.05. The van der Waals surface area contributed by atoms with Crippen molar-refractivity contribution in [3.63, 3.8) is 0 Å². The average molecular weight is 313 g/mol. The number of aromatic carboxylic acids is 1. The van der Waals surface area contributed by atoms with Gasteiger partial charge >= 0.3 is 5.97 Å². The standard InChI is InChI=1S/C16H15N3O4/c1-16(15(17)23,11-5-3-2-4-6-11)19-13(20)10-7-8-12(14(21)22)18-9-10/h2-9H,1H3,(H2,17,23)(H,19,20)(H,21,22). The molecule has 1 aromatic heterocycles. The molecule has 0 spiro atoms. The van der Waals surface area contributed by atoms with Crippen molar-refractivity contribution >= 4 is 17.8 Å². The van der Waals surface area contributed by atoms with E-state index < -0.39 is 23.3 Å². The zero-order valence-corrected chi connectivity index (χ0v) is 12.3. The highest BCUT2D eigenvalue weighted by atomic mass is 16.4. The normalized spacial score (nSPS) is 12.9. The second-order valence-corrected chi connectivity index (χ2v) is 5.05. The number of primary amides is 1. The molecule has 2 aromatic rings. The molecule has 0 radical (unpaired) electrons. The number of nitrogens with two attached hydrogens (primary N) is 1. The van der Waals surface area contributed by atoms with Gasteiger partial charge in [-0.2, -0.15) is 0 Å². The Morgan fingerprint density at radius 1 is 1.13 bits per heavy atom. The summed E-state index contributed by atoms with van der Waals surface area (Å²) in [4.78, 5) is 38.6. The van der Waals surface area contributed by atoms with E-state index in [9.17, 15) is 14.4 Å². The van der Waals surface area contributed by atoms with Crippen LogP contribution in [0.3, 0.4) is 0 Å². The number of carbonyl (C=O) groups is 3. The van der Waals surface area contributed by atoms with Gasteiger partial charge in [-0.3, -0.25) is 9.59 Å². The SMILES string of the molecule is CC(NC(=O)c1ccc(C(=O)O)nc1)(C(N)=O)c1ccccc1. The van der Waals surface area contributed by atoms with E-state index in [1.54, 1.807) is 30.3 Å². The summed E-state index contributed by atoms with van der Waals surface area (Å²) in [5.41, 5.74) is 4.53.